The number of piperidine rings is 1. The molecule has 2 aliphatic heterocycles. The first-order valence-electron chi connectivity index (χ1n) is 20.0. The van der Waals surface area contributed by atoms with E-state index in [0.717, 1.165) is 23.3 Å². The monoisotopic (exact) mass is 795 g/mol. The highest BCUT2D eigenvalue weighted by Crippen LogP contribution is 2.62. The number of likely N-dealkylation sites (tertiary alicyclic amines) is 2. The fraction of sp³-hybridized carbons (Fsp3) is 0.292. The van der Waals surface area contributed by atoms with Gasteiger partial charge in [0.2, 0.25) is 0 Å². The van der Waals surface area contributed by atoms with Crippen LogP contribution in [-0.4, -0.2) is 73.4 Å². The standard InChI is InChI=1S/C48H46FN3O7/c1-57-46(56)48-23-22-47(42(48)30-52(32-48)45(55)36-12-10-33(11-13-36)28-34-6-5-7-37(49)29-34)24-26-51(27-25-47)43(53)31-58-39-18-14-35(15-19-39)44(54)50-38-16-20-41(21-17-38)59-40-8-3-2-4-9-40/h2-21,29,42H,22-28,30-32H2,1H3,(H,50,54)/t42-,48?/m0/s1. The van der Waals surface area contributed by atoms with E-state index < -0.39 is 5.41 Å². The third-order valence-corrected chi connectivity index (χ3v) is 12.4. The number of carbonyl (C=O) groups excluding carboxylic acids is 4. The third-order valence-electron chi connectivity index (χ3n) is 12.4. The number of nitrogens with zero attached hydrogens (tertiary/aromatic N) is 2. The second kappa shape index (κ2) is 16.8. The number of halogens is 1. The van der Waals surface area contributed by atoms with Crippen LogP contribution in [0.1, 0.15) is 57.5 Å². The van der Waals surface area contributed by atoms with E-state index in [1.54, 1.807) is 71.6 Å². The Morgan fingerprint density at radius 1 is 0.712 bits per heavy atom. The summed E-state index contributed by atoms with van der Waals surface area (Å²) in [5, 5.41) is 2.88. The van der Waals surface area contributed by atoms with Crippen molar-refractivity contribution < 1.29 is 37.8 Å². The van der Waals surface area contributed by atoms with E-state index in [1.807, 2.05) is 53.4 Å². The van der Waals surface area contributed by atoms with E-state index >= 15 is 0 Å². The van der Waals surface area contributed by atoms with Crippen molar-refractivity contribution >= 4 is 29.4 Å². The summed E-state index contributed by atoms with van der Waals surface area (Å²) >= 11 is 0. The van der Waals surface area contributed by atoms with E-state index in [2.05, 4.69) is 5.32 Å². The van der Waals surface area contributed by atoms with Gasteiger partial charge in [0.05, 0.1) is 12.5 Å². The molecule has 0 aromatic heterocycles. The molecule has 11 heteroatoms. The Balaban J connectivity index is 0.831. The summed E-state index contributed by atoms with van der Waals surface area (Å²) < 4.78 is 30.7. The highest BCUT2D eigenvalue weighted by atomic mass is 19.1. The molecule has 59 heavy (non-hydrogen) atoms. The van der Waals surface area contributed by atoms with Gasteiger partial charge in [0.25, 0.3) is 17.7 Å². The van der Waals surface area contributed by atoms with Crippen LogP contribution in [0.25, 0.3) is 0 Å². The number of rotatable bonds is 11. The molecule has 3 amide bonds. The molecule has 8 rings (SSSR count). The van der Waals surface area contributed by atoms with E-state index in [1.165, 1.54) is 19.2 Å². The Labute approximate surface area is 342 Å². The Morgan fingerprint density at radius 3 is 2.08 bits per heavy atom. The first kappa shape index (κ1) is 39.3. The second-order valence-electron chi connectivity index (χ2n) is 15.8. The van der Waals surface area contributed by atoms with Crippen molar-refractivity contribution in [3.05, 3.63) is 155 Å². The van der Waals surface area contributed by atoms with Gasteiger partial charge in [-0.1, -0.05) is 42.5 Å². The molecule has 1 saturated carbocycles. The van der Waals surface area contributed by atoms with Gasteiger partial charge < -0.3 is 29.3 Å². The average Bonchev–Trinajstić information content (AvgIpc) is 3.80. The first-order valence-corrected chi connectivity index (χ1v) is 20.0. The molecular formula is C48H46FN3O7. The maximum absolute atomic E-state index is 13.9. The van der Waals surface area contributed by atoms with Crippen molar-refractivity contribution in [2.45, 2.75) is 32.1 Å². The fourth-order valence-corrected chi connectivity index (χ4v) is 9.26. The molecule has 2 saturated heterocycles. The van der Waals surface area contributed by atoms with Gasteiger partial charge in [0.1, 0.15) is 23.1 Å². The Morgan fingerprint density at radius 2 is 1.39 bits per heavy atom. The summed E-state index contributed by atoms with van der Waals surface area (Å²) in [5.74, 6) is 0.657. The molecule has 3 fully saturated rings. The molecular weight excluding hydrogens is 750 g/mol. The normalized spacial score (nSPS) is 19.2. The van der Waals surface area contributed by atoms with E-state index in [4.69, 9.17) is 14.2 Å². The van der Waals surface area contributed by atoms with Crippen molar-refractivity contribution in [2.24, 2.45) is 16.7 Å². The number of fused-ring (bicyclic) bond motifs is 2. The predicted octanol–water partition coefficient (Wildman–Crippen LogP) is 8.17. The Hall–Kier alpha value is -6.49. The lowest BCUT2D eigenvalue weighted by Crippen LogP contribution is -2.48. The number of nitrogens with one attached hydrogen (secondary N) is 1. The molecule has 0 bridgehead atoms. The van der Waals surface area contributed by atoms with Crippen LogP contribution >= 0.6 is 0 Å². The van der Waals surface area contributed by atoms with Crippen LogP contribution in [0.15, 0.2) is 127 Å². The van der Waals surface area contributed by atoms with Gasteiger partial charge in [-0.05, 0) is 134 Å². The van der Waals surface area contributed by atoms with Gasteiger partial charge >= 0.3 is 5.97 Å². The lowest BCUT2D eigenvalue weighted by Gasteiger charge is -2.44. The van der Waals surface area contributed by atoms with Gasteiger partial charge in [-0.25, -0.2) is 4.39 Å². The lowest BCUT2D eigenvalue weighted by molar-refractivity contribution is -0.155. The molecule has 3 aliphatic rings. The van der Waals surface area contributed by atoms with Gasteiger partial charge in [-0.15, -0.1) is 0 Å². The summed E-state index contributed by atoms with van der Waals surface area (Å²) in [6, 6.07) is 37.1. The third kappa shape index (κ3) is 8.41. The van der Waals surface area contributed by atoms with Crippen LogP contribution in [0.2, 0.25) is 0 Å². The number of hydrogen-bond acceptors (Lipinski definition) is 7. The molecule has 1 spiro atoms. The number of ether oxygens (including phenoxy) is 3. The number of para-hydroxylation sites is 1. The summed E-state index contributed by atoms with van der Waals surface area (Å²) in [6.45, 7) is 1.64. The minimum Gasteiger partial charge on any atom is -0.484 e. The largest absolute Gasteiger partial charge is 0.484 e. The van der Waals surface area contributed by atoms with Gasteiger partial charge in [-0.3, -0.25) is 19.2 Å². The molecule has 5 aromatic rings. The zero-order valence-corrected chi connectivity index (χ0v) is 32.9. The SMILES string of the molecule is COC(=O)C12CCC3(CCN(C(=O)COc4ccc(C(=O)Nc5ccc(Oc6ccccc6)cc5)cc4)CC3)[C@@H]1CN(C(=O)c1ccc(Cc3cccc(F)c3)cc1)C2. The average molecular weight is 796 g/mol. The molecule has 1 unspecified atom stereocenters. The molecule has 302 valence electrons. The maximum atomic E-state index is 13.9. The zero-order valence-electron chi connectivity index (χ0n) is 32.9. The number of hydrogen-bond donors (Lipinski definition) is 1. The zero-order chi connectivity index (χ0) is 41.0. The highest BCUT2D eigenvalue weighted by Gasteiger charge is 2.65. The molecule has 0 radical (unpaired) electrons. The maximum Gasteiger partial charge on any atom is 0.313 e. The van der Waals surface area contributed by atoms with Crippen molar-refractivity contribution in [3.8, 4) is 17.2 Å². The number of methoxy groups -OCH3 is 1. The minimum absolute atomic E-state index is 0.0871. The van der Waals surface area contributed by atoms with Crippen LogP contribution in [-0.2, 0) is 20.7 Å². The van der Waals surface area contributed by atoms with Crippen molar-refractivity contribution in [1.82, 2.24) is 9.80 Å². The van der Waals surface area contributed by atoms with Crippen LogP contribution < -0.4 is 14.8 Å². The lowest BCUT2D eigenvalue weighted by atomic mass is 9.66. The van der Waals surface area contributed by atoms with Crippen molar-refractivity contribution in [2.75, 3.05) is 45.2 Å². The van der Waals surface area contributed by atoms with Crippen LogP contribution in [0.5, 0.6) is 17.2 Å². The van der Waals surface area contributed by atoms with Gasteiger partial charge in [-0.2, -0.15) is 0 Å². The smallest absolute Gasteiger partial charge is 0.313 e. The summed E-state index contributed by atoms with van der Waals surface area (Å²) in [4.78, 5) is 57.2. The first-order chi connectivity index (χ1) is 28.6. The number of carbonyl (C=O) groups is 4. The minimum atomic E-state index is -0.789. The number of anilines is 1. The summed E-state index contributed by atoms with van der Waals surface area (Å²) in [5.41, 5.74) is 2.43. The molecule has 1 aliphatic carbocycles. The molecule has 2 atom stereocenters. The summed E-state index contributed by atoms with van der Waals surface area (Å²) in [6.07, 6.45) is 3.43. The predicted molar refractivity (Wildman–Crippen MR) is 220 cm³/mol. The van der Waals surface area contributed by atoms with Crippen LogP contribution in [0.4, 0.5) is 10.1 Å². The summed E-state index contributed by atoms with van der Waals surface area (Å²) in [7, 11) is 1.41. The van der Waals surface area contributed by atoms with Crippen molar-refractivity contribution in [1.29, 1.82) is 0 Å². The quantitative estimate of drug-likeness (QED) is 0.134. The van der Waals surface area contributed by atoms with Gasteiger partial charge in [0.15, 0.2) is 6.61 Å². The number of esters is 1. The Bertz CT molecular complexity index is 2310. The number of benzene rings is 5. The number of amides is 3. The topological polar surface area (TPSA) is 114 Å². The van der Waals surface area contributed by atoms with Gasteiger partial charge in [0, 0.05) is 48.9 Å². The van der Waals surface area contributed by atoms with Crippen LogP contribution in [0.3, 0.4) is 0 Å². The molecule has 10 nitrogen and oxygen atoms in total. The van der Waals surface area contributed by atoms with Crippen LogP contribution in [0, 0.1) is 22.6 Å². The molecule has 1 N–H and O–H groups in total. The Kier molecular flexibility index (Phi) is 11.2. The highest BCUT2D eigenvalue weighted by molar-refractivity contribution is 6.04. The van der Waals surface area contributed by atoms with E-state index in [0.29, 0.717) is 80.2 Å². The van der Waals surface area contributed by atoms with E-state index in [9.17, 15) is 23.6 Å². The molecule has 2 heterocycles. The molecule has 5 aromatic carbocycles. The van der Waals surface area contributed by atoms with Crippen molar-refractivity contribution in [3.63, 3.8) is 0 Å². The second-order valence-corrected chi connectivity index (χ2v) is 15.8. The van der Waals surface area contributed by atoms with E-state index in [-0.39, 0.29) is 47.4 Å². The fourth-order valence-electron chi connectivity index (χ4n) is 9.26.